The molecule has 0 radical (unpaired) electrons. The van der Waals surface area contributed by atoms with Crippen molar-refractivity contribution in [3.63, 3.8) is 0 Å². The smallest absolute Gasteiger partial charge is 0.403 e. The van der Waals surface area contributed by atoms with Crippen LogP contribution in [0.3, 0.4) is 0 Å². The number of allylic oxidation sites excluding steroid dienone is 2. The maximum Gasteiger partial charge on any atom is 0.573 e. The van der Waals surface area contributed by atoms with Gasteiger partial charge in [-0.2, -0.15) is 4.39 Å². The van der Waals surface area contributed by atoms with Crippen LogP contribution < -0.4 is 4.74 Å². The lowest BCUT2D eigenvalue weighted by atomic mass is 9.71. The zero-order valence-electron chi connectivity index (χ0n) is 14.7. The van der Waals surface area contributed by atoms with Gasteiger partial charge in [-0.1, -0.05) is 25.8 Å². The summed E-state index contributed by atoms with van der Waals surface area (Å²) in [5.74, 6) is -1.97. The first-order valence-electron chi connectivity index (χ1n) is 9.17. The van der Waals surface area contributed by atoms with Gasteiger partial charge in [0.1, 0.15) is 0 Å². The van der Waals surface area contributed by atoms with E-state index >= 15 is 0 Å². The molecule has 0 aromatic heterocycles. The molecule has 2 aliphatic carbocycles. The van der Waals surface area contributed by atoms with Crippen molar-refractivity contribution in [2.24, 2.45) is 17.8 Å². The van der Waals surface area contributed by atoms with Gasteiger partial charge < -0.3 is 4.74 Å². The standard InChI is InChI=1S/C20H23F5O/c1-12-2-4-13(5-3-12)14-6-8-15(9-7-14)16-10-11-17(19(22)18(16)21)26-20(23,24)25/h8,10-14H,2-7,9H2,1H3. The monoisotopic (exact) mass is 374 g/mol. The molecule has 6 heteroatoms. The number of hydrogen-bond acceptors (Lipinski definition) is 1. The third-order valence-electron chi connectivity index (χ3n) is 5.80. The van der Waals surface area contributed by atoms with Crippen LogP contribution in [0.4, 0.5) is 22.0 Å². The summed E-state index contributed by atoms with van der Waals surface area (Å²) in [5.41, 5.74) is 0.702. The lowest BCUT2D eigenvalue weighted by molar-refractivity contribution is -0.275. The summed E-state index contributed by atoms with van der Waals surface area (Å²) in [6.07, 6.45) is 4.16. The van der Waals surface area contributed by atoms with Crippen molar-refractivity contribution in [3.8, 4) is 5.75 Å². The maximum absolute atomic E-state index is 14.3. The van der Waals surface area contributed by atoms with Crippen LogP contribution in [-0.2, 0) is 0 Å². The van der Waals surface area contributed by atoms with E-state index in [4.69, 9.17) is 0 Å². The number of rotatable bonds is 3. The van der Waals surface area contributed by atoms with E-state index in [-0.39, 0.29) is 5.56 Å². The van der Waals surface area contributed by atoms with Crippen molar-refractivity contribution in [2.75, 3.05) is 0 Å². The molecule has 1 atom stereocenters. The summed E-state index contributed by atoms with van der Waals surface area (Å²) in [6, 6.07) is 2.02. The Morgan fingerprint density at radius 3 is 2.19 bits per heavy atom. The highest BCUT2D eigenvalue weighted by molar-refractivity contribution is 5.67. The molecule has 1 nitrogen and oxygen atoms in total. The topological polar surface area (TPSA) is 9.23 Å². The summed E-state index contributed by atoms with van der Waals surface area (Å²) in [4.78, 5) is 0. The molecule has 1 unspecified atom stereocenters. The zero-order chi connectivity index (χ0) is 18.9. The molecule has 1 saturated carbocycles. The van der Waals surface area contributed by atoms with Gasteiger partial charge in [0.25, 0.3) is 0 Å². The second-order valence-electron chi connectivity index (χ2n) is 7.57. The summed E-state index contributed by atoms with van der Waals surface area (Å²) in [5, 5.41) is 0. The number of benzene rings is 1. The lowest BCUT2D eigenvalue weighted by Gasteiger charge is -2.34. The molecule has 1 fully saturated rings. The molecule has 2 aliphatic rings. The van der Waals surface area contributed by atoms with Crippen LogP contribution in [0.5, 0.6) is 5.75 Å². The van der Waals surface area contributed by atoms with Crippen molar-refractivity contribution < 1.29 is 26.7 Å². The van der Waals surface area contributed by atoms with Crippen molar-refractivity contribution in [2.45, 2.75) is 58.2 Å². The van der Waals surface area contributed by atoms with Crippen LogP contribution in [0.25, 0.3) is 5.57 Å². The second kappa shape index (κ2) is 7.57. The Balaban J connectivity index is 1.71. The molecule has 0 bridgehead atoms. The van der Waals surface area contributed by atoms with Crippen LogP contribution in [0.1, 0.15) is 57.4 Å². The zero-order valence-corrected chi connectivity index (χ0v) is 14.7. The first kappa shape index (κ1) is 19.2. The fourth-order valence-electron chi connectivity index (χ4n) is 4.27. The largest absolute Gasteiger partial charge is 0.573 e. The molecule has 1 aromatic rings. The van der Waals surface area contributed by atoms with Crippen LogP contribution >= 0.6 is 0 Å². The molecular formula is C20H23F5O. The van der Waals surface area contributed by atoms with E-state index < -0.39 is 23.7 Å². The van der Waals surface area contributed by atoms with Gasteiger partial charge in [-0.25, -0.2) is 4.39 Å². The Morgan fingerprint density at radius 2 is 1.62 bits per heavy atom. The highest BCUT2D eigenvalue weighted by atomic mass is 19.4. The molecular weight excluding hydrogens is 351 g/mol. The average Bonchev–Trinajstić information content (AvgIpc) is 2.59. The molecule has 0 amide bonds. The van der Waals surface area contributed by atoms with Crippen molar-refractivity contribution in [3.05, 3.63) is 35.4 Å². The first-order chi connectivity index (χ1) is 12.2. The Morgan fingerprint density at radius 1 is 0.923 bits per heavy atom. The van der Waals surface area contributed by atoms with E-state index in [0.29, 0.717) is 23.8 Å². The van der Waals surface area contributed by atoms with E-state index in [2.05, 4.69) is 11.7 Å². The molecule has 26 heavy (non-hydrogen) atoms. The Labute approximate surface area is 150 Å². The normalized spacial score (nSPS) is 27.2. The van der Waals surface area contributed by atoms with Gasteiger partial charge in [0.15, 0.2) is 11.6 Å². The molecule has 0 saturated heterocycles. The predicted octanol–water partition coefficient (Wildman–Crippen LogP) is 6.87. The summed E-state index contributed by atoms with van der Waals surface area (Å²) in [7, 11) is 0. The van der Waals surface area contributed by atoms with E-state index in [1.807, 2.05) is 6.08 Å². The molecule has 1 aromatic carbocycles. The van der Waals surface area contributed by atoms with Gasteiger partial charge >= 0.3 is 6.36 Å². The number of hydrogen-bond donors (Lipinski definition) is 0. The first-order valence-corrected chi connectivity index (χ1v) is 9.17. The van der Waals surface area contributed by atoms with E-state index in [1.165, 1.54) is 31.7 Å². The van der Waals surface area contributed by atoms with Gasteiger partial charge in [-0.15, -0.1) is 13.2 Å². The van der Waals surface area contributed by atoms with Gasteiger partial charge in [0.05, 0.1) is 0 Å². The quantitative estimate of drug-likeness (QED) is 0.524. The maximum atomic E-state index is 14.3. The molecule has 0 spiro atoms. The molecule has 0 heterocycles. The van der Waals surface area contributed by atoms with Crippen LogP contribution in [-0.4, -0.2) is 6.36 Å². The number of halogens is 5. The SMILES string of the molecule is CC1CCC(C2CC=C(c3ccc(OC(F)(F)F)c(F)c3F)CC2)CC1. The fourth-order valence-corrected chi connectivity index (χ4v) is 4.27. The van der Waals surface area contributed by atoms with E-state index in [9.17, 15) is 22.0 Å². The summed E-state index contributed by atoms with van der Waals surface area (Å²) < 4.78 is 68.4. The van der Waals surface area contributed by atoms with E-state index in [0.717, 1.165) is 24.8 Å². The van der Waals surface area contributed by atoms with Gasteiger partial charge in [0.2, 0.25) is 5.82 Å². The number of alkyl halides is 3. The molecule has 3 rings (SSSR count). The minimum Gasteiger partial charge on any atom is -0.403 e. The predicted molar refractivity (Wildman–Crippen MR) is 89.5 cm³/mol. The minimum atomic E-state index is -5.05. The summed E-state index contributed by atoms with van der Waals surface area (Å²) >= 11 is 0. The Hall–Kier alpha value is -1.59. The Bertz CT molecular complexity index is 672. The minimum absolute atomic E-state index is 0.0349. The van der Waals surface area contributed by atoms with Crippen LogP contribution in [0.2, 0.25) is 0 Å². The average molecular weight is 374 g/mol. The van der Waals surface area contributed by atoms with Crippen molar-refractivity contribution >= 4 is 5.57 Å². The third kappa shape index (κ3) is 4.38. The van der Waals surface area contributed by atoms with Crippen LogP contribution in [0.15, 0.2) is 18.2 Å². The highest BCUT2D eigenvalue weighted by Crippen LogP contribution is 2.42. The number of ether oxygens (including phenoxy) is 1. The van der Waals surface area contributed by atoms with Crippen LogP contribution in [0, 0.1) is 29.4 Å². The third-order valence-corrected chi connectivity index (χ3v) is 5.80. The van der Waals surface area contributed by atoms with E-state index in [1.54, 1.807) is 0 Å². The van der Waals surface area contributed by atoms with Crippen molar-refractivity contribution in [1.82, 2.24) is 0 Å². The Kier molecular flexibility index (Phi) is 5.58. The second-order valence-corrected chi connectivity index (χ2v) is 7.57. The molecule has 0 aliphatic heterocycles. The van der Waals surface area contributed by atoms with Crippen molar-refractivity contribution in [1.29, 1.82) is 0 Å². The van der Waals surface area contributed by atoms with Gasteiger partial charge in [-0.05, 0) is 67.6 Å². The van der Waals surface area contributed by atoms with Gasteiger partial charge in [0, 0.05) is 5.56 Å². The van der Waals surface area contributed by atoms with Gasteiger partial charge in [-0.3, -0.25) is 0 Å². The fraction of sp³-hybridized carbons (Fsp3) is 0.600. The molecule has 144 valence electrons. The molecule has 0 N–H and O–H groups in total. The highest BCUT2D eigenvalue weighted by Gasteiger charge is 2.34. The summed E-state index contributed by atoms with van der Waals surface area (Å²) in [6.45, 7) is 2.28. The lowest BCUT2D eigenvalue weighted by Crippen LogP contribution is -2.22.